The second-order valence-electron chi connectivity index (χ2n) is 6.18. The minimum atomic E-state index is -2.75. The van der Waals surface area contributed by atoms with Gasteiger partial charge in [0, 0.05) is 17.3 Å². The zero-order chi connectivity index (χ0) is 14.2. The number of sulfone groups is 1. The standard InChI is InChI=1S/C15H21BrNO2S/c16-15-4-2-1-3-14(15)13-5-7-17(8-6-13)9-11-20(18,19)12-10-17/h1-4,13H,5-12H2/q+1. The Balaban J connectivity index is 1.67. The molecule has 5 heteroatoms. The van der Waals surface area contributed by atoms with Gasteiger partial charge in [-0.05, 0) is 17.5 Å². The summed E-state index contributed by atoms with van der Waals surface area (Å²) < 4.78 is 25.4. The van der Waals surface area contributed by atoms with Crippen molar-refractivity contribution < 1.29 is 12.9 Å². The van der Waals surface area contributed by atoms with Crippen LogP contribution in [-0.4, -0.2) is 50.6 Å². The van der Waals surface area contributed by atoms with Crippen molar-refractivity contribution in [3.05, 3.63) is 34.3 Å². The Morgan fingerprint density at radius 1 is 1.00 bits per heavy atom. The molecular weight excluding hydrogens is 338 g/mol. The van der Waals surface area contributed by atoms with Crippen molar-refractivity contribution in [1.82, 2.24) is 0 Å². The smallest absolute Gasteiger partial charge is 0.161 e. The Morgan fingerprint density at radius 3 is 2.20 bits per heavy atom. The molecule has 20 heavy (non-hydrogen) atoms. The van der Waals surface area contributed by atoms with Gasteiger partial charge in [-0.1, -0.05) is 34.1 Å². The van der Waals surface area contributed by atoms with Crippen molar-refractivity contribution >= 4 is 25.8 Å². The largest absolute Gasteiger partial charge is 0.322 e. The fraction of sp³-hybridized carbons (Fsp3) is 0.600. The van der Waals surface area contributed by atoms with Crippen molar-refractivity contribution in [2.45, 2.75) is 18.8 Å². The molecule has 2 fully saturated rings. The van der Waals surface area contributed by atoms with Crippen LogP contribution in [0.1, 0.15) is 24.3 Å². The van der Waals surface area contributed by atoms with Gasteiger partial charge in [-0.3, -0.25) is 0 Å². The highest BCUT2D eigenvalue weighted by atomic mass is 79.9. The van der Waals surface area contributed by atoms with Crippen molar-refractivity contribution in [2.75, 3.05) is 37.7 Å². The third-order valence-corrected chi connectivity index (χ3v) is 7.33. The molecule has 0 aromatic heterocycles. The fourth-order valence-electron chi connectivity index (χ4n) is 3.56. The van der Waals surface area contributed by atoms with Crippen LogP contribution in [0.15, 0.2) is 28.7 Å². The van der Waals surface area contributed by atoms with E-state index in [1.807, 2.05) is 0 Å². The van der Waals surface area contributed by atoms with Crippen LogP contribution in [0.3, 0.4) is 0 Å². The van der Waals surface area contributed by atoms with Gasteiger partial charge >= 0.3 is 0 Å². The first-order valence-corrected chi connectivity index (χ1v) is 9.91. The first-order valence-electron chi connectivity index (χ1n) is 7.30. The Labute approximate surface area is 129 Å². The monoisotopic (exact) mass is 358 g/mol. The van der Waals surface area contributed by atoms with E-state index in [9.17, 15) is 8.42 Å². The van der Waals surface area contributed by atoms with E-state index in [-0.39, 0.29) is 0 Å². The molecule has 1 spiro atoms. The second-order valence-corrected chi connectivity index (χ2v) is 9.34. The predicted molar refractivity (Wildman–Crippen MR) is 84.5 cm³/mol. The molecule has 2 heterocycles. The Morgan fingerprint density at radius 2 is 1.60 bits per heavy atom. The van der Waals surface area contributed by atoms with Crippen LogP contribution in [-0.2, 0) is 9.84 Å². The fourth-order valence-corrected chi connectivity index (χ4v) is 5.70. The molecule has 3 nitrogen and oxygen atoms in total. The zero-order valence-corrected chi connectivity index (χ0v) is 14.0. The first kappa shape index (κ1) is 14.5. The molecule has 110 valence electrons. The third-order valence-electron chi connectivity index (χ3n) is 5.00. The molecule has 2 saturated heterocycles. The topological polar surface area (TPSA) is 34.1 Å². The number of hydrogen-bond donors (Lipinski definition) is 0. The summed E-state index contributed by atoms with van der Waals surface area (Å²) in [6.45, 7) is 3.90. The zero-order valence-electron chi connectivity index (χ0n) is 11.6. The number of nitrogens with zero attached hydrogens (tertiary/aromatic N) is 1. The van der Waals surface area contributed by atoms with Gasteiger partial charge in [0.05, 0.1) is 37.7 Å². The van der Waals surface area contributed by atoms with E-state index in [1.165, 1.54) is 22.9 Å². The summed E-state index contributed by atoms with van der Waals surface area (Å²) in [5.74, 6) is 1.38. The molecular formula is C15H21BrNO2S+. The maximum absolute atomic E-state index is 11.6. The lowest BCUT2D eigenvalue weighted by molar-refractivity contribution is -0.929. The molecule has 0 N–H and O–H groups in total. The Hall–Kier alpha value is -0.390. The normalized spacial score (nSPS) is 25.6. The Bertz CT molecular complexity index is 576. The second kappa shape index (κ2) is 5.43. The summed E-state index contributed by atoms with van der Waals surface area (Å²) in [5.41, 5.74) is 1.41. The molecule has 2 aliphatic heterocycles. The van der Waals surface area contributed by atoms with Crippen LogP contribution in [0, 0.1) is 0 Å². The number of piperidine rings is 1. The molecule has 0 radical (unpaired) electrons. The summed E-state index contributed by atoms with van der Waals surface area (Å²) in [7, 11) is -2.75. The lowest BCUT2D eigenvalue weighted by Gasteiger charge is -2.45. The average Bonchev–Trinajstić information content (AvgIpc) is 2.44. The summed E-state index contributed by atoms with van der Waals surface area (Å²) in [6.07, 6.45) is 2.34. The number of benzene rings is 1. The minimum absolute atomic E-state index is 0.382. The van der Waals surface area contributed by atoms with E-state index in [4.69, 9.17) is 0 Å². The van der Waals surface area contributed by atoms with E-state index in [1.54, 1.807) is 0 Å². The van der Waals surface area contributed by atoms with Crippen molar-refractivity contribution in [3.8, 4) is 0 Å². The molecule has 0 aliphatic carbocycles. The number of quaternary nitrogens is 1. The van der Waals surface area contributed by atoms with Gasteiger partial charge in [0.2, 0.25) is 0 Å². The third kappa shape index (κ3) is 2.95. The Kier molecular flexibility index (Phi) is 3.95. The SMILES string of the molecule is O=S1(=O)CC[N+]2(CCC(c3ccccc3Br)CC2)CC1. The van der Waals surface area contributed by atoms with E-state index >= 15 is 0 Å². The highest BCUT2D eigenvalue weighted by molar-refractivity contribution is 9.10. The highest BCUT2D eigenvalue weighted by Crippen LogP contribution is 2.35. The first-order chi connectivity index (χ1) is 9.50. The predicted octanol–water partition coefficient (Wildman–Crippen LogP) is 2.57. The molecule has 0 bridgehead atoms. The molecule has 0 atom stereocenters. The van der Waals surface area contributed by atoms with Gasteiger partial charge in [-0.25, -0.2) is 8.42 Å². The van der Waals surface area contributed by atoms with Gasteiger partial charge < -0.3 is 4.48 Å². The van der Waals surface area contributed by atoms with Crippen LogP contribution < -0.4 is 0 Å². The molecule has 0 saturated carbocycles. The summed E-state index contributed by atoms with van der Waals surface area (Å²) in [4.78, 5) is 0. The summed E-state index contributed by atoms with van der Waals surface area (Å²) in [5, 5.41) is 0. The molecule has 1 aromatic rings. The van der Waals surface area contributed by atoms with Gasteiger partial charge in [0.1, 0.15) is 0 Å². The molecule has 0 unspecified atom stereocenters. The molecule has 2 aliphatic rings. The van der Waals surface area contributed by atoms with Crippen LogP contribution in [0.4, 0.5) is 0 Å². The quantitative estimate of drug-likeness (QED) is 0.723. The van der Waals surface area contributed by atoms with E-state index in [2.05, 4.69) is 40.2 Å². The van der Waals surface area contributed by atoms with Gasteiger partial charge in [-0.15, -0.1) is 0 Å². The van der Waals surface area contributed by atoms with E-state index in [0.717, 1.165) is 30.7 Å². The minimum Gasteiger partial charge on any atom is -0.322 e. The van der Waals surface area contributed by atoms with Crippen LogP contribution in [0.2, 0.25) is 0 Å². The number of rotatable bonds is 1. The number of halogens is 1. The van der Waals surface area contributed by atoms with Crippen molar-refractivity contribution in [1.29, 1.82) is 0 Å². The maximum atomic E-state index is 11.6. The molecule has 0 amide bonds. The highest BCUT2D eigenvalue weighted by Gasteiger charge is 2.39. The van der Waals surface area contributed by atoms with Crippen LogP contribution >= 0.6 is 15.9 Å². The number of hydrogen-bond acceptors (Lipinski definition) is 2. The van der Waals surface area contributed by atoms with Crippen LogP contribution in [0.5, 0.6) is 0 Å². The molecule has 1 aromatic carbocycles. The van der Waals surface area contributed by atoms with E-state index in [0.29, 0.717) is 17.4 Å². The van der Waals surface area contributed by atoms with Gasteiger partial charge in [-0.2, -0.15) is 0 Å². The summed E-state index contributed by atoms with van der Waals surface area (Å²) >= 11 is 3.65. The van der Waals surface area contributed by atoms with Crippen LogP contribution in [0.25, 0.3) is 0 Å². The van der Waals surface area contributed by atoms with Crippen molar-refractivity contribution in [2.24, 2.45) is 0 Å². The van der Waals surface area contributed by atoms with Gasteiger partial charge in [0.15, 0.2) is 9.84 Å². The van der Waals surface area contributed by atoms with Gasteiger partial charge in [0.25, 0.3) is 0 Å². The lowest BCUT2D eigenvalue weighted by atomic mass is 9.88. The lowest BCUT2D eigenvalue weighted by Crippen LogP contribution is -2.59. The van der Waals surface area contributed by atoms with E-state index < -0.39 is 9.84 Å². The summed E-state index contributed by atoms with van der Waals surface area (Å²) in [6, 6.07) is 8.49. The molecule has 3 rings (SSSR count). The van der Waals surface area contributed by atoms with Crippen molar-refractivity contribution in [3.63, 3.8) is 0 Å². The average molecular weight is 359 g/mol. The maximum Gasteiger partial charge on any atom is 0.161 e.